The van der Waals surface area contributed by atoms with E-state index in [0.717, 1.165) is 77.3 Å². The number of nitrogens with one attached hydrogen (secondary N) is 2. The van der Waals surface area contributed by atoms with E-state index in [9.17, 15) is 27.6 Å². The van der Waals surface area contributed by atoms with E-state index in [1.807, 2.05) is 41.5 Å². The molecule has 2 N–H and O–H groups in total. The van der Waals surface area contributed by atoms with Crippen LogP contribution >= 0.6 is 0 Å². The van der Waals surface area contributed by atoms with Crippen molar-refractivity contribution in [3.63, 3.8) is 0 Å². The molecule has 0 aromatic heterocycles. The van der Waals surface area contributed by atoms with Gasteiger partial charge in [0.2, 0.25) is 27.7 Å². The average Bonchev–Trinajstić information content (AvgIpc) is 3.83. The molecule has 12 heteroatoms. The predicted octanol–water partition coefficient (Wildman–Crippen LogP) is 6.33. The van der Waals surface area contributed by atoms with Crippen LogP contribution < -0.4 is 10.0 Å². The van der Waals surface area contributed by atoms with Crippen LogP contribution in [0.3, 0.4) is 0 Å². The number of hydrogen-bond donors (Lipinski definition) is 2. The number of hydrogen-bond acceptors (Lipinski definition) is 8. The summed E-state index contributed by atoms with van der Waals surface area (Å²) in [4.78, 5) is 75.9. The lowest BCUT2D eigenvalue weighted by atomic mass is 9.73. The summed E-state index contributed by atoms with van der Waals surface area (Å²) in [6, 6.07) is -1.45. The Balaban J connectivity index is 1.26. The van der Waals surface area contributed by atoms with Crippen molar-refractivity contribution in [2.45, 2.75) is 187 Å². The fourth-order valence-corrected chi connectivity index (χ4v) is 13.2. The van der Waals surface area contributed by atoms with Crippen LogP contribution in [0.15, 0.2) is 0 Å². The number of likely N-dealkylation sites (tertiary alicyclic amines) is 2. The second-order valence-electron chi connectivity index (χ2n) is 20.9. The molecule has 5 atom stereocenters. The third-order valence-electron chi connectivity index (χ3n) is 16.1. The zero-order valence-corrected chi connectivity index (χ0v) is 36.6. The molecule has 4 saturated carbocycles. The van der Waals surface area contributed by atoms with E-state index < -0.39 is 56.1 Å². The van der Waals surface area contributed by atoms with Crippen molar-refractivity contribution < 1.29 is 32.4 Å². The number of fused-ring (bicyclic) bond motifs is 1. The first-order chi connectivity index (χ1) is 26.1. The van der Waals surface area contributed by atoms with E-state index in [1.54, 1.807) is 4.90 Å². The van der Waals surface area contributed by atoms with Gasteiger partial charge in [-0.1, -0.05) is 73.6 Å². The molecule has 0 aromatic rings. The number of amides is 3. The summed E-state index contributed by atoms with van der Waals surface area (Å²) in [5, 5.41) is 2.68. The Kier molecular flexibility index (Phi) is 12.1. The van der Waals surface area contributed by atoms with Gasteiger partial charge in [0.05, 0.1) is 22.9 Å². The maximum atomic E-state index is 15.2. The molecule has 0 aromatic carbocycles. The van der Waals surface area contributed by atoms with Gasteiger partial charge in [-0.2, -0.15) is 0 Å². The highest BCUT2D eigenvalue weighted by Crippen LogP contribution is 2.88. The van der Waals surface area contributed by atoms with Crippen LogP contribution in [0.1, 0.15) is 165 Å². The number of ketones is 2. The predicted molar refractivity (Wildman–Crippen MR) is 217 cm³/mol. The van der Waals surface area contributed by atoms with Gasteiger partial charge in [-0.05, 0) is 113 Å². The molecule has 6 aliphatic rings. The monoisotopic (exact) mass is 801 g/mol. The molecule has 2 spiro atoms. The summed E-state index contributed by atoms with van der Waals surface area (Å²) < 4.78 is 27.7. The van der Waals surface area contributed by atoms with Crippen molar-refractivity contribution in [3.8, 4) is 0 Å². The topological polar surface area (TPSA) is 150 Å². The van der Waals surface area contributed by atoms with E-state index in [1.165, 1.54) is 0 Å². The first-order valence-electron chi connectivity index (χ1n) is 22.1. The fourth-order valence-electron chi connectivity index (χ4n) is 11.8. The number of carbonyl (C=O) groups is 5. The lowest BCUT2D eigenvalue weighted by Gasteiger charge is -2.39. The van der Waals surface area contributed by atoms with E-state index in [-0.39, 0.29) is 58.4 Å². The van der Waals surface area contributed by atoms with Crippen molar-refractivity contribution in [1.29, 1.82) is 0 Å². The summed E-state index contributed by atoms with van der Waals surface area (Å²) in [5.41, 5.74) is -1.64. The second kappa shape index (κ2) is 15.7. The van der Waals surface area contributed by atoms with Gasteiger partial charge in [-0.25, -0.2) is 8.42 Å². The number of nitrogens with zero attached hydrogens (tertiary/aromatic N) is 2. The molecule has 56 heavy (non-hydrogen) atoms. The van der Waals surface area contributed by atoms with E-state index in [4.69, 9.17) is 0 Å². The van der Waals surface area contributed by atoms with Crippen molar-refractivity contribution in [2.75, 3.05) is 19.6 Å². The standard InChI is InChI=1S/C44H72N4O7S/c1-9-16-30(37(51)46-56(54,55)31-19-20-31)25-34(49)33-27-44(42(7,8)43(44)21-15-22-43)28-48(33)38(52)32(40(2,3)4)26-35(50)36(29-17-11-10-12-18-29)45-39(53)41(5,6)47-23-13-14-24-47/h29-33,36H,9-28H2,1-8H3,(H,45,53)(H,46,51)/t30?,32?,33-,36-,44+/m0/s1. The molecule has 6 fully saturated rings. The fraction of sp³-hybridized carbons (Fsp3) is 0.886. The van der Waals surface area contributed by atoms with Gasteiger partial charge in [0, 0.05) is 36.6 Å². The number of Topliss-reactive ketones (excluding diaryl/α,β-unsaturated/α-hetero) is 2. The Hall–Kier alpha value is -2.34. The largest absolute Gasteiger partial charge is 0.344 e. The summed E-state index contributed by atoms with van der Waals surface area (Å²) in [6.07, 6.45) is 12.5. The molecule has 3 amide bonds. The summed E-state index contributed by atoms with van der Waals surface area (Å²) in [7, 11) is -3.77. The molecule has 4 aliphatic carbocycles. The molecule has 2 saturated heterocycles. The molecule has 2 unspecified atom stereocenters. The highest BCUT2D eigenvalue weighted by molar-refractivity contribution is 7.90. The minimum absolute atomic E-state index is 0.00536. The summed E-state index contributed by atoms with van der Waals surface area (Å²) in [6.45, 7) is 18.4. The van der Waals surface area contributed by atoms with Crippen molar-refractivity contribution in [3.05, 3.63) is 0 Å². The van der Waals surface area contributed by atoms with Crippen LogP contribution in [0.2, 0.25) is 0 Å². The van der Waals surface area contributed by atoms with Gasteiger partial charge in [0.25, 0.3) is 0 Å². The molecule has 2 heterocycles. The molecule has 6 rings (SSSR count). The maximum absolute atomic E-state index is 15.2. The second-order valence-corrected chi connectivity index (χ2v) is 22.8. The SMILES string of the molecule is CCCC(CC(=O)[C@@H]1C[C@@]2(CN1C(=O)C(CC(=O)[C@@H](NC(=O)C(C)(C)N1CCCC1)C1CCCCC1)C(C)(C)C)C(C)(C)C21CCC1)C(=O)NS(=O)(=O)C1CC1. The smallest absolute Gasteiger partial charge is 0.240 e. The zero-order chi connectivity index (χ0) is 41.1. The van der Waals surface area contributed by atoms with Crippen molar-refractivity contribution >= 4 is 39.3 Å². The normalized spacial score (nSPS) is 28.1. The molecule has 0 bridgehead atoms. The van der Waals surface area contributed by atoms with Crippen LogP contribution in [0, 0.1) is 39.4 Å². The summed E-state index contributed by atoms with van der Waals surface area (Å²) >= 11 is 0. The third kappa shape index (κ3) is 7.77. The van der Waals surface area contributed by atoms with Gasteiger partial charge < -0.3 is 10.2 Å². The first kappa shape index (κ1) is 43.2. The lowest BCUT2D eigenvalue weighted by molar-refractivity contribution is -0.147. The van der Waals surface area contributed by atoms with E-state index in [0.29, 0.717) is 38.6 Å². The minimum atomic E-state index is -3.77. The summed E-state index contributed by atoms with van der Waals surface area (Å²) in [5.74, 6) is -2.86. The molecule has 316 valence electrons. The number of carbonyl (C=O) groups excluding carboxylic acids is 5. The average molecular weight is 801 g/mol. The molecular weight excluding hydrogens is 729 g/mol. The van der Waals surface area contributed by atoms with Crippen LogP contribution in [0.4, 0.5) is 0 Å². The van der Waals surface area contributed by atoms with Gasteiger partial charge in [0.1, 0.15) is 0 Å². The Bertz CT molecular complexity index is 1650. The molecule has 2 aliphatic heterocycles. The van der Waals surface area contributed by atoms with E-state index in [2.05, 4.69) is 28.8 Å². The third-order valence-corrected chi connectivity index (χ3v) is 17.9. The van der Waals surface area contributed by atoms with Crippen LogP contribution in [0.25, 0.3) is 0 Å². The number of rotatable bonds is 16. The zero-order valence-electron chi connectivity index (χ0n) is 35.8. The maximum Gasteiger partial charge on any atom is 0.240 e. The number of sulfonamides is 1. The Morgan fingerprint density at radius 2 is 1.45 bits per heavy atom. The van der Waals surface area contributed by atoms with Gasteiger partial charge in [-0.3, -0.25) is 33.6 Å². The Morgan fingerprint density at radius 3 is 1.96 bits per heavy atom. The Labute approximate surface area is 337 Å². The molecular formula is C44H72N4O7S. The quantitative estimate of drug-likeness (QED) is 0.184. The highest BCUT2D eigenvalue weighted by Gasteiger charge is 2.85. The highest BCUT2D eigenvalue weighted by atomic mass is 32.2. The van der Waals surface area contributed by atoms with Crippen LogP contribution in [0.5, 0.6) is 0 Å². The van der Waals surface area contributed by atoms with Crippen LogP contribution in [-0.2, 0) is 34.0 Å². The molecule has 11 nitrogen and oxygen atoms in total. The Morgan fingerprint density at radius 1 is 0.821 bits per heavy atom. The van der Waals surface area contributed by atoms with Crippen LogP contribution in [-0.4, -0.2) is 90.0 Å². The van der Waals surface area contributed by atoms with Gasteiger partial charge in [-0.15, -0.1) is 0 Å². The first-order valence-corrected chi connectivity index (χ1v) is 23.7. The van der Waals surface area contributed by atoms with Crippen molar-refractivity contribution in [2.24, 2.45) is 39.4 Å². The van der Waals surface area contributed by atoms with Crippen molar-refractivity contribution in [1.82, 2.24) is 19.8 Å². The van der Waals surface area contributed by atoms with Gasteiger partial charge in [0.15, 0.2) is 11.6 Å². The van der Waals surface area contributed by atoms with Gasteiger partial charge >= 0.3 is 0 Å². The van der Waals surface area contributed by atoms with E-state index >= 15 is 4.79 Å². The lowest BCUT2D eigenvalue weighted by Crippen LogP contribution is -2.59. The minimum Gasteiger partial charge on any atom is -0.344 e. The molecule has 0 radical (unpaired) electrons.